The van der Waals surface area contributed by atoms with Gasteiger partial charge in [-0.2, -0.15) is 10.1 Å². The molecule has 1 amide bonds. The molecule has 2 aromatic heterocycles. The van der Waals surface area contributed by atoms with Gasteiger partial charge in [-0.3, -0.25) is 9.89 Å². The second kappa shape index (κ2) is 4.66. The van der Waals surface area contributed by atoms with Crippen LogP contribution in [-0.4, -0.2) is 56.9 Å². The molecule has 110 valence electrons. The van der Waals surface area contributed by atoms with Crippen molar-refractivity contribution in [1.82, 2.24) is 25.2 Å². The Bertz CT molecular complexity index is 653. The molecule has 2 aromatic rings. The van der Waals surface area contributed by atoms with Crippen molar-refractivity contribution in [2.75, 3.05) is 19.7 Å². The number of carbonyl (C=O) groups excluding carboxylic acids is 1. The minimum atomic E-state index is -0.0500. The first-order valence-electron chi connectivity index (χ1n) is 6.93. The predicted molar refractivity (Wildman–Crippen MR) is 69.5 cm³/mol. The van der Waals surface area contributed by atoms with E-state index in [0.29, 0.717) is 37.1 Å². The molecule has 3 atom stereocenters. The summed E-state index contributed by atoms with van der Waals surface area (Å²) in [6, 6.07) is 1.68. The topological polar surface area (TPSA) is 97.1 Å². The zero-order chi connectivity index (χ0) is 14.4. The van der Waals surface area contributed by atoms with Gasteiger partial charge in [0.05, 0.1) is 18.6 Å². The maximum Gasteiger partial charge on any atom is 0.271 e. The first-order valence-corrected chi connectivity index (χ1v) is 6.93. The van der Waals surface area contributed by atoms with Gasteiger partial charge in [-0.05, 0) is 13.0 Å². The lowest BCUT2D eigenvalue weighted by molar-refractivity contribution is 0.0680. The summed E-state index contributed by atoms with van der Waals surface area (Å²) in [5.41, 5.74) is 0.500. The number of likely N-dealkylation sites (tertiary alicyclic amines) is 1. The summed E-state index contributed by atoms with van der Waals surface area (Å²) in [5.74, 6) is 1.45. The lowest BCUT2D eigenvalue weighted by Gasteiger charge is -2.17. The monoisotopic (exact) mass is 289 g/mol. The highest BCUT2D eigenvalue weighted by Gasteiger charge is 2.48. The number of ether oxygens (including phenoxy) is 1. The molecular formula is C13H15N5O3. The number of aromatic amines is 1. The first-order chi connectivity index (χ1) is 10.2. The van der Waals surface area contributed by atoms with Crippen molar-refractivity contribution >= 4 is 5.91 Å². The number of amides is 1. The molecule has 0 spiro atoms. The summed E-state index contributed by atoms with van der Waals surface area (Å²) < 4.78 is 11.1. The first kappa shape index (κ1) is 12.5. The molecule has 2 fully saturated rings. The van der Waals surface area contributed by atoms with E-state index in [4.69, 9.17) is 9.26 Å². The number of H-pyrrole nitrogens is 1. The number of rotatable bonds is 2. The van der Waals surface area contributed by atoms with E-state index in [9.17, 15) is 4.79 Å². The summed E-state index contributed by atoms with van der Waals surface area (Å²) in [4.78, 5) is 18.4. The third-order valence-electron chi connectivity index (χ3n) is 4.19. The smallest absolute Gasteiger partial charge is 0.271 e. The molecule has 2 saturated heterocycles. The van der Waals surface area contributed by atoms with Crippen LogP contribution >= 0.6 is 0 Å². The molecule has 0 bridgehead atoms. The molecule has 8 heteroatoms. The van der Waals surface area contributed by atoms with E-state index in [2.05, 4.69) is 20.3 Å². The SMILES string of the molecule is Cc1noc([C@H]2CO[C@@H]3CN(C(=O)c4ccn[nH]4)C[C@H]23)n1. The Morgan fingerprint density at radius 2 is 2.38 bits per heavy atom. The molecule has 0 unspecified atom stereocenters. The van der Waals surface area contributed by atoms with Crippen molar-refractivity contribution < 1.29 is 14.1 Å². The van der Waals surface area contributed by atoms with E-state index in [1.165, 1.54) is 0 Å². The Hall–Kier alpha value is -2.22. The van der Waals surface area contributed by atoms with Crippen LogP contribution in [0, 0.1) is 12.8 Å². The molecule has 0 saturated carbocycles. The van der Waals surface area contributed by atoms with Crippen LogP contribution in [0.4, 0.5) is 0 Å². The van der Waals surface area contributed by atoms with Crippen LogP contribution < -0.4 is 0 Å². The molecule has 0 radical (unpaired) electrons. The third-order valence-corrected chi connectivity index (χ3v) is 4.19. The zero-order valence-corrected chi connectivity index (χ0v) is 11.5. The van der Waals surface area contributed by atoms with E-state index in [-0.39, 0.29) is 23.8 Å². The molecule has 8 nitrogen and oxygen atoms in total. The van der Waals surface area contributed by atoms with E-state index in [0.717, 1.165) is 0 Å². The van der Waals surface area contributed by atoms with Gasteiger partial charge in [-0.1, -0.05) is 5.16 Å². The van der Waals surface area contributed by atoms with Crippen molar-refractivity contribution in [3.8, 4) is 0 Å². The highest BCUT2D eigenvalue weighted by Crippen LogP contribution is 2.39. The summed E-state index contributed by atoms with van der Waals surface area (Å²) in [7, 11) is 0. The predicted octanol–water partition coefficient (Wildman–Crippen LogP) is 0.356. The second-order valence-electron chi connectivity index (χ2n) is 5.50. The van der Waals surface area contributed by atoms with Crippen LogP contribution in [0.25, 0.3) is 0 Å². The van der Waals surface area contributed by atoms with E-state index in [1.54, 1.807) is 24.1 Å². The number of fused-ring (bicyclic) bond motifs is 1. The summed E-state index contributed by atoms with van der Waals surface area (Å²) in [5, 5.41) is 10.4. The van der Waals surface area contributed by atoms with Gasteiger partial charge in [0.1, 0.15) is 5.69 Å². The molecule has 2 aliphatic heterocycles. The Labute approximate surface area is 120 Å². The number of carbonyl (C=O) groups is 1. The Kier molecular flexibility index (Phi) is 2.78. The van der Waals surface area contributed by atoms with E-state index < -0.39 is 0 Å². The van der Waals surface area contributed by atoms with Crippen molar-refractivity contribution in [3.63, 3.8) is 0 Å². The minimum absolute atomic E-state index is 0.0362. The molecule has 1 N–H and O–H groups in total. The number of aromatic nitrogens is 4. The van der Waals surface area contributed by atoms with Crippen molar-refractivity contribution in [2.24, 2.45) is 5.92 Å². The van der Waals surface area contributed by atoms with Gasteiger partial charge in [0.25, 0.3) is 5.91 Å². The number of nitrogens with one attached hydrogen (secondary N) is 1. The highest BCUT2D eigenvalue weighted by atomic mass is 16.5. The maximum atomic E-state index is 12.3. The highest BCUT2D eigenvalue weighted by molar-refractivity contribution is 5.92. The fourth-order valence-electron chi connectivity index (χ4n) is 3.14. The molecular weight excluding hydrogens is 274 g/mol. The van der Waals surface area contributed by atoms with E-state index in [1.807, 2.05) is 0 Å². The molecule has 2 aliphatic rings. The number of hydrogen-bond donors (Lipinski definition) is 1. The molecule has 4 rings (SSSR count). The molecule has 0 aliphatic carbocycles. The standard InChI is InChI=1S/C13H15N5O3/c1-7-15-12(21-17-7)9-6-20-11-5-18(4-8(9)11)13(19)10-2-3-14-16-10/h2-3,8-9,11H,4-6H2,1H3,(H,14,16)/t8-,9+,11-/m1/s1. The van der Waals surface area contributed by atoms with Crippen molar-refractivity contribution in [3.05, 3.63) is 29.7 Å². The van der Waals surface area contributed by atoms with Gasteiger partial charge in [0.2, 0.25) is 5.89 Å². The summed E-state index contributed by atoms with van der Waals surface area (Å²) in [6.45, 7) is 3.59. The normalized spacial score (nSPS) is 28.0. The second-order valence-corrected chi connectivity index (χ2v) is 5.50. The maximum absolute atomic E-state index is 12.3. The van der Waals surface area contributed by atoms with Gasteiger partial charge >= 0.3 is 0 Å². The fourth-order valence-corrected chi connectivity index (χ4v) is 3.14. The summed E-state index contributed by atoms with van der Waals surface area (Å²) in [6.07, 6.45) is 1.61. The third kappa shape index (κ3) is 2.02. The molecule has 0 aromatic carbocycles. The van der Waals surface area contributed by atoms with Crippen LogP contribution in [0.2, 0.25) is 0 Å². The number of nitrogens with zero attached hydrogens (tertiary/aromatic N) is 4. The molecule has 4 heterocycles. The van der Waals surface area contributed by atoms with Gasteiger partial charge in [0.15, 0.2) is 5.82 Å². The lowest BCUT2D eigenvalue weighted by atomic mass is 9.93. The van der Waals surface area contributed by atoms with Crippen LogP contribution in [0.3, 0.4) is 0 Å². The Morgan fingerprint density at radius 3 is 3.10 bits per heavy atom. The quantitative estimate of drug-likeness (QED) is 0.857. The Morgan fingerprint density at radius 1 is 1.48 bits per heavy atom. The van der Waals surface area contributed by atoms with Gasteiger partial charge in [-0.15, -0.1) is 0 Å². The number of hydrogen-bond acceptors (Lipinski definition) is 6. The Balaban J connectivity index is 1.52. The van der Waals surface area contributed by atoms with Crippen molar-refractivity contribution in [1.29, 1.82) is 0 Å². The van der Waals surface area contributed by atoms with Crippen LogP contribution in [0.5, 0.6) is 0 Å². The van der Waals surface area contributed by atoms with E-state index >= 15 is 0 Å². The van der Waals surface area contributed by atoms with Crippen LogP contribution in [-0.2, 0) is 4.74 Å². The van der Waals surface area contributed by atoms with Gasteiger partial charge in [-0.25, -0.2) is 0 Å². The van der Waals surface area contributed by atoms with Gasteiger partial charge < -0.3 is 14.2 Å². The van der Waals surface area contributed by atoms with Gasteiger partial charge in [0, 0.05) is 25.2 Å². The number of aryl methyl sites for hydroxylation is 1. The average molecular weight is 289 g/mol. The molecule has 21 heavy (non-hydrogen) atoms. The van der Waals surface area contributed by atoms with Crippen LogP contribution in [0.15, 0.2) is 16.8 Å². The van der Waals surface area contributed by atoms with Crippen molar-refractivity contribution in [2.45, 2.75) is 18.9 Å². The average Bonchev–Trinajstić information content (AvgIpc) is 3.21. The fraction of sp³-hybridized carbons (Fsp3) is 0.538. The summed E-state index contributed by atoms with van der Waals surface area (Å²) >= 11 is 0. The largest absolute Gasteiger partial charge is 0.375 e. The van der Waals surface area contributed by atoms with Crippen LogP contribution in [0.1, 0.15) is 28.1 Å². The minimum Gasteiger partial charge on any atom is -0.375 e. The lowest BCUT2D eigenvalue weighted by Crippen LogP contribution is -2.31. The zero-order valence-electron chi connectivity index (χ0n) is 11.5.